The lowest BCUT2D eigenvalue weighted by Crippen LogP contribution is -2.32. The van der Waals surface area contributed by atoms with E-state index >= 15 is 0 Å². The Morgan fingerprint density at radius 2 is 1.65 bits per heavy atom. The van der Waals surface area contributed by atoms with Gasteiger partial charge in [0.05, 0.1) is 13.0 Å². The summed E-state index contributed by atoms with van der Waals surface area (Å²) in [5.41, 5.74) is 1.83. The first kappa shape index (κ1) is 14.4. The van der Waals surface area contributed by atoms with Gasteiger partial charge in [0.1, 0.15) is 0 Å². The van der Waals surface area contributed by atoms with Gasteiger partial charge in [-0.1, -0.05) is 50.2 Å². The van der Waals surface area contributed by atoms with Gasteiger partial charge in [-0.3, -0.25) is 4.55 Å². The quantitative estimate of drug-likeness (QED) is 0.677. The molecule has 0 aliphatic rings. The molecule has 96 valence electrons. The zero-order valence-corrected chi connectivity index (χ0v) is 12.6. The molecule has 0 saturated carbocycles. The van der Waals surface area contributed by atoms with Crippen molar-refractivity contribution in [3.05, 3.63) is 29.8 Å². The van der Waals surface area contributed by atoms with Crippen molar-refractivity contribution in [1.82, 2.24) is 0 Å². The molecule has 0 atom stereocenters. The fourth-order valence-corrected chi connectivity index (χ4v) is 3.69. The number of hydrogen-bond acceptors (Lipinski definition) is 2. The summed E-state index contributed by atoms with van der Waals surface area (Å²) < 4.78 is 30.7. The molecule has 0 aromatic heterocycles. The zero-order chi connectivity index (χ0) is 13.3. The van der Waals surface area contributed by atoms with E-state index in [2.05, 4.69) is 26.9 Å². The Bertz CT molecular complexity index is 475. The van der Waals surface area contributed by atoms with Crippen molar-refractivity contribution >= 4 is 18.2 Å². The first-order valence-electron chi connectivity index (χ1n) is 5.69. The molecular weight excluding hydrogens is 252 g/mol. The van der Waals surface area contributed by atoms with Crippen LogP contribution in [-0.2, 0) is 16.2 Å². The molecule has 0 aliphatic carbocycles. The minimum Gasteiger partial charge on any atom is -0.282 e. The molecule has 0 amide bonds. The molecule has 17 heavy (non-hydrogen) atoms. The van der Waals surface area contributed by atoms with E-state index in [9.17, 15) is 8.42 Å². The lowest BCUT2D eigenvalue weighted by Gasteiger charge is -2.27. The van der Waals surface area contributed by atoms with E-state index in [1.807, 2.05) is 0 Å². The first-order chi connectivity index (χ1) is 7.63. The van der Waals surface area contributed by atoms with Gasteiger partial charge >= 0.3 is 0 Å². The molecule has 1 aromatic carbocycles. The van der Waals surface area contributed by atoms with E-state index in [-0.39, 0.29) is 4.90 Å². The fourth-order valence-electron chi connectivity index (χ4n) is 1.51. The second-order valence-electron chi connectivity index (χ2n) is 5.44. The third-order valence-corrected chi connectivity index (χ3v) is 8.76. The van der Waals surface area contributed by atoms with E-state index in [1.54, 1.807) is 12.1 Å². The number of hydrogen-bond donors (Lipinski definition) is 1. The van der Waals surface area contributed by atoms with Gasteiger partial charge in [0, 0.05) is 0 Å². The van der Waals surface area contributed by atoms with Crippen molar-refractivity contribution in [2.24, 2.45) is 0 Å². The van der Waals surface area contributed by atoms with E-state index in [1.165, 1.54) is 12.1 Å². The van der Waals surface area contributed by atoms with E-state index in [4.69, 9.17) is 4.55 Å². The summed E-state index contributed by atoms with van der Waals surface area (Å²) in [4.78, 5) is -0.0368. The van der Waals surface area contributed by atoms with Gasteiger partial charge in [0.25, 0.3) is 10.1 Å². The Balaban J connectivity index is 2.90. The molecule has 0 spiro atoms. The molecule has 0 unspecified atom stereocenters. The van der Waals surface area contributed by atoms with Crippen molar-refractivity contribution in [2.75, 3.05) is 0 Å². The fraction of sp³-hybridized carbons (Fsp3) is 0.500. The highest BCUT2D eigenvalue weighted by atomic mass is 32.2. The molecular formula is C12H20O3SSi. The summed E-state index contributed by atoms with van der Waals surface area (Å²) in [5.74, 6) is 0. The van der Waals surface area contributed by atoms with Gasteiger partial charge in [-0.25, -0.2) is 0 Å². The van der Waals surface area contributed by atoms with Gasteiger partial charge < -0.3 is 0 Å². The first-order valence-corrected chi connectivity index (χ1v) is 10.4. The molecule has 5 heteroatoms. The number of rotatable bonds is 4. The monoisotopic (exact) mass is 272 g/mol. The molecule has 3 nitrogen and oxygen atoms in total. The molecule has 0 aliphatic heterocycles. The Morgan fingerprint density at radius 1 is 1.18 bits per heavy atom. The lowest BCUT2D eigenvalue weighted by molar-refractivity contribution is 0.483. The minimum atomic E-state index is -4.07. The van der Waals surface area contributed by atoms with Crippen molar-refractivity contribution in [1.29, 1.82) is 0 Å². The summed E-state index contributed by atoms with van der Waals surface area (Å²) >= 11 is 0. The standard InChI is InChI=1S/C12H20O3SSi/c1-10(2)17(3,4)9-11-5-7-12(8-6-11)16(13,14)15/h5-8,10H,9H2,1-4H3,(H,13,14,15). The third kappa shape index (κ3) is 3.94. The molecule has 1 N–H and O–H groups in total. The van der Waals surface area contributed by atoms with Crippen LogP contribution in [0.5, 0.6) is 0 Å². The van der Waals surface area contributed by atoms with E-state index < -0.39 is 18.2 Å². The van der Waals surface area contributed by atoms with Crippen LogP contribution in [-0.4, -0.2) is 21.0 Å². The topological polar surface area (TPSA) is 54.4 Å². The van der Waals surface area contributed by atoms with Crippen LogP contribution in [0, 0.1) is 0 Å². The van der Waals surface area contributed by atoms with Crippen LogP contribution in [0.15, 0.2) is 29.2 Å². The van der Waals surface area contributed by atoms with Gasteiger partial charge in [0.15, 0.2) is 0 Å². The Labute approximate surface area is 105 Å². The second kappa shape index (κ2) is 4.92. The molecule has 0 fully saturated rings. The molecule has 0 bridgehead atoms. The van der Waals surface area contributed by atoms with Gasteiger partial charge in [-0.2, -0.15) is 8.42 Å². The average molecular weight is 272 g/mol. The second-order valence-corrected chi connectivity index (χ2v) is 12.3. The molecule has 1 rings (SSSR count). The van der Waals surface area contributed by atoms with Crippen molar-refractivity contribution < 1.29 is 13.0 Å². The Hall–Kier alpha value is -0.653. The highest BCUT2D eigenvalue weighted by Crippen LogP contribution is 2.25. The smallest absolute Gasteiger partial charge is 0.282 e. The van der Waals surface area contributed by atoms with Crippen LogP contribution >= 0.6 is 0 Å². The normalized spacial score (nSPS) is 13.1. The molecule has 0 radical (unpaired) electrons. The highest BCUT2D eigenvalue weighted by molar-refractivity contribution is 7.85. The maximum Gasteiger partial charge on any atom is 0.294 e. The van der Waals surface area contributed by atoms with Gasteiger partial charge in [0.2, 0.25) is 0 Å². The molecule has 0 heterocycles. The summed E-state index contributed by atoms with van der Waals surface area (Å²) in [6.45, 7) is 9.13. The Kier molecular flexibility index (Phi) is 4.17. The van der Waals surface area contributed by atoms with Crippen molar-refractivity contribution in [2.45, 2.75) is 43.4 Å². The maximum absolute atomic E-state index is 10.9. The van der Waals surface area contributed by atoms with Crippen molar-refractivity contribution in [3.8, 4) is 0 Å². The van der Waals surface area contributed by atoms with Crippen LogP contribution in [0.4, 0.5) is 0 Å². The van der Waals surface area contributed by atoms with Crippen LogP contribution in [0.3, 0.4) is 0 Å². The SMILES string of the molecule is CC(C)[Si](C)(C)Cc1ccc(S(=O)(=O)O)cc1. The predicted molar refractivity (Wildman–Crippen MR) is 72.5 cm³/mol. The summed E-state index contributed by atoms with van der Waals surface area (Å²) in [6, 6.07) is 7.54. The summed E-state index contributed by atoms with van der Waals surface area (Å²) in [6.07, 6.45) is 0. The largest absolute Gasteiger partial charge is 0.294 e. The van der Waals surface area contributed by atoms with Crippen molar-refractivity contribution in [3.63, 3.8) is 0 Å². The maximum atomic E-state index is 10.9. The molecule has 1 aromatic rings. The Morgan fingerprint density at radius 3 is 2.00 bits per heavy atom. The van der Waals surface area contributed by atoms with Crippen LogP contribution in [0.1, 0.15) is 19.4 Å². The van der Waals surface area contributed by atoms with Gasteiger partial charge in [-0.15, -0.1) is 0 Å². The number of benzene rings is 1. The van der Waals surface area contributed by atoms with Crippen LogP contribution in [0.25, 0.3) is 0 Å². The van der Waals surface area contributed by atoms with E-state index in [0.29, 0.717) is 5.54 Å². The summed E-state index contributed by atoms with van der Waals surface area (Å²) in [5, 5.41) is 0. The summed E-state index contributed by atoms with van der Waals surface area (Å²) in [7, 11) is -5.36. The van der Waals surface area contributed by atoms with Gasteiger partial charge in [-0.05, 0) is 18.2 Å². The van der Waals surface area contributed by atoms with Crippen LogP contribution in [0.2, 0.25) is 18.6 Å². The van der Waals surface area contributed by atoms with E-state index in [0.717, 1.165) is 11.6 Å². The van der Waals surface area contributed by atoms with Crippen LogP contribution < -0.4 is 0 Å². The lowest BCUT2D eigenvalue weighted by atomic mass is 10.2. The highest BCUT2D eigenvalue weighted by Gasteiger charge is 2.25. The average Bonchev–Trinajstić information content (AvgIpc) is 2.16. The predicted octanol–water partition coefficient (Wildman–Crippen LogP) is 3.13. The molecule has 0 saturated heterocycles. The minimum absolute atomic E-state index is 0.0368. The zero-order valence-electron chi connectivity index (χ0n) is 10.8. The third-order valence-electron chi connectivity index (χ3n) is 3.44.